The summed E-state index contributed by atoms with van der Waals surface area (Å²) >= 11 is 7.61. The van der Waals surface area contributed by atoms with Crippen LogP contribution in [-0.4, -0.2) is 16.7 Å². The van der Waals surface area contributed by atoms with Crippen LogP contribution in [0.3, 0.4) is 0 Å². The summed E-state index contributed by atoms with van der Waals surface area (Å²) in [7, 11) is 0. The van der Waals surface area contributed by atoms with Crippen LogP contribution in [0.1, 0.15) is 17.0 Å². The van der Waals surface area contributed by atoms with Gasteiger partial charge in [0.05, 0.1) is 0 Å². The quantitative estimate of drug-likeness (QED) is 0.926. The number of hydrogen-bond acceptors (Lipinski definition) is 4. The second-order valence-electron chi connectivity index (χ2n) is 3.85. The largest absolute Gasteiger partial charge is 0.330 e. The number of nitrogens with two attached hydrogens (primary N) is 1. The van der Waals surface area contributed by atoms with Crippen molar-refractivity contribution in [2.24, 2.45) is 5.73 Å². The van der Waals surface area contributed by atoms with E-state index in [-0.39, 0.29) is 0 Å². The van der Waals surface area contributed by atoms with Crippen LogP contribution >= 0.6 is 22.9 Å². The van der Waals surface area contributed by atoms with E-state index in [0.717, 1.165) is 39.0 Å². The maximum absolute atomic E-state index is 6.00. The van der Waals surface area contributed by atoms with E-state index in [1.54, 1.807) is 11.3 Å². The molecule has 0 amide bonds. The average molecular weight is 268 g/mol. The molecule has 1 aromatic carbocycles. The highest BCUT2D eigenvalue weighted by Gasteiger charge is 2.09. The number of aryl methyl sites for hydroxylation is 2. The first kappa shape index (κ1) is 12.5. The van der Waals surface area contributed by atoms with Crippen LogP contribution in [-0.2, 0) is 6.42 Å². The first-order valence-corrected chi connectivity index (χ1v) is 6.69. The van der Waals surface area contributed by atoms with Crippen molar-refractivity contribution in [2.75, 3.05) is 6.54 Å². The SMILES string of the molecule is Cc1ccc(Cl)cc1-c1nnc(CCCN)s1. The molecule has 5 heteroatoms. The number of aromatic nitrogens is 2. The summed E-state index contributed by atoms with van der Waals surface area (Å²) < 4.78 is 0. The van der Waals surface area contributed by atoms with Gasteiger partial charge in [0.15, 0.2) is 0 Å². The molecule has 0 spiro atoms. The molecule has 2 rings (SSSR count). The summed E-state index contributed by atoms with van der Waals surface area (Å²) in [6, 6.07) is 5.82. The van der Waals surface area contributed by atoms with Gasteiger partial charge in [-0.3, -0.25) is 0 Å². The predicted molar refractivity (Wildman–Crippen MR) is 72.5 cm³/mol. The Morgan fingerprint density at radius 2 is 2.18 bits per heavy atom. The molecule has 0 fully saturated rings. The van der Waals surface area contributed by atoms with E-state index in [4.69, 9.17) is 17.3 Å². The normalized spacial score (nSPS) is 10.8. The Bertz CT molecular complexity index is 510. The van der Waals surface area contributed by atoms with Crippen molar-refractivity contribution in [3.05, 3.63) is 33.8 Å². The third kappa shape index (κ3) is 3.03. The lowest BCUT2D eigenvalue weighted by atomic mass is 10.1. The minimum atomic E-state index is 0.686. The fourth-order valence-electron chi connectivity index (χ4n) is 1.54. The van der Waals surface area contributed by atoms with Gasteiger partial charge in [-0.25, -0.2) is 0 Å². The van der Waals surface area contributed by atoms with Crippen LogP contribution < -0.4 is 5.73 Å². The molecule has 0 bridgehead atoms. The zero-order valence-corrected chi connectivity index (χ0v) is 11.2. The maximum atomic E-state index is 6.00. The molecule has 1 heterocycles. The van der Waals surface area contributed by atoms with E-state index in [1.165, 1.54) is 0 Å². The van der Waals surface area contributed by atoms with Gasteiger partial charge in [-0.2, -0.15) is 0 Å². The van der Waals surface area contributed by atoms with Crippen molar-refractivity contribution >= 4 is 22.9 Å². The molecule has 0 aliphatic heterocycles. The fraction of sp³-hybridized carbons (Fsp3) is 0.333. The highest BCUT2D eigenvalue weighted by Crippen LogP contribution is 2.29. The zero-order chi connectivity index (χ0) is 12.3. The molecule has 0 aliphatic rings. The molecule has 0 saturated heterocycles. The van der Waals surface area contributed by atoms with Crippen molar-refractivity contribution in [3.63, 3.8) is 0 Å². The van der Waals surface area contributed by atoms with Crippen molar-refractivity contribution < 1.29 is 0 Å². The molecule has 17 heavy (non-hydrogen) atoms. The lowest BCUT2D eigenvalue weighted by molar-refractivity contribution is 0.812. The Morgan fingerprint density at radius 3 is 2.94 bits per heavy atom. The molecule has 3 nitrogen and oxygen atoms in total. The van der Waals surface area contributed by atoms with E-state index in [0.29, 0.717) is 6.54 Å². The number of hydrogen-bond donors (Lipinski definition) is 1. The summed E-state index contributed by atoms with van der Waals surface area (Å²) in [4.78, 5) is 0. The molecule has 0 saturated carbocycles. The zero-order valence-electron chi connectivity index (χ0n) is 9.61. The van der Waals surface area contributed by atoms with Crippen LogP contribution in [0.4, 0.5) is 0 Å². The Kier molecular flexibility index (Phi) is 4.10. The Labute approximate surface area is 110 Å². The van der Waals surface area contributed by atoms with Gasteiger partial charge in [0.25, 0.3) is 0 Å². The molecular formula is C12H14ClN3S. The van der Waals surface area contributed by atoms with Gasteiger partial charge in [-0.1, -0.05) is 29.0 Å². The molecule has 0 atom stereocenters. The van der Waals surface area contributed by atoms with Gasteiger partial charge in [0.1, 0.15) is 10.0 Å². The van der Waals surface area contributed by atoms with Gasteiger partial charge in [-0.15, -0.1) is 10.2 Å². The maximum Gasteiger partial charge on any atom is 0.148 e. The summed E-state index contributed by atoms with van der Waals surface area (Å²) in [6.45, 7) is 2.73. The second kappa shape index (κ2) is 5.58. The molecule has 1 aromatic heterocycles. The van der Waals surface area contributed by atoms with Gasteiger partial charge < -0.3 is 5.73 Å². The lowest BCUT2D eigenvalue weighted by Crippen LogP contribution is -1.99. The van der Waals surface area contributed by atoms with Gasteiger partial charge in [0, 0.05) is 17.0 Å². The second-order valence-corrected chi connectivity index (χ2v) is 5.35. The molecule has 90 valence electrons. The first-order chi connectivity index (χ1) is 8.20. The van der Waals surface area contributed by atoms with Crippen LogP contribution in [0.25, 0.3) is 10.6 Å². The number of nitrogens with zero attached hydrogens (tertiary/aromatic N) is 2. The van der Waals surface area contributed by atoms with Gasteiger partial charge in [0.2, 0.25) is 0 Å². The molecule has 2 N–H and O–H groups in total. The molecule has 0 unspecified atom stereocenters. The van der Waals surface area contributed by atoms with Crippen molar-refractivity contribution in [2.45, 2.75) is 19.8 Å². The monoisotopic (exact) mass is 267 g/mol. The highest BCUT2D eigenvalue weighted by atomic mass is 35.5. The smallest absolute Gasteiger partial charge is 0.148 e. The van der Waals surface area contributed by atoms with Crippen molar-refractivity contribution in [1.29, 1.82) is 0 Å². The molecule has 0 aliphatic carbocycles. The minimum absolute atomic E-state index is 0.686. The van der Waals surface area contributed by atoms with E-state index >= 15 is 0 Å². The molecule has 0 radical (unpaired) electrons. The Hall–Kier alpha value is -0.970. The Balaban J connectivity index is 2.27. The van der Waals surface area contributed by atoms with Crippen molar-refractivity contribution in [1.82, 2.24) is 10.2 Å². The van der Waals surface area contributed by atoms with Gasteiger partial charge >= 0.3 is 0 Å². The van der Waals surface area contributed by atoms with Crippen LogP contribution in [0.15, 0.2) is 18.2 Å². The molecular weight excluding hydrogens is 254 g/mol. The summed E-state index contributed by atoms with van der Waals surface area (Å²) in [6.07, 6.45) is 1.84. The number of benzene rings is 1. The van der Waals surface area contributed by atoms with Crippen LogP contribution in [0, 0.1) is 6.92 Å². The summed E-state index contributed by atoms with van der Waals surface area (Å²) in [5, 5.41) is 11.1. The van der Waals surface area contributed by atoms with E-state index < -0.39 is 0 Å². The average Bonchev–Trinajstić information content (AvgIpc) is 2.78. The topological polar surface area (TPSA) is 51.8 Å². The minimum Gasteiger partial charge on any atom is -0.330 e. The van der Waals surface area contributed by atoms with Crippen LogP contribution in [0.5, 0.6) is 0 Å². The number of rotatable bonds is 4. The van der Waals surface area contributed by atoms with Crippen LogP contribution in [0.2, 0.25) is 5.02 Å². The summed E-state index contributed by atoms with van der Waals surface area (Å²) in [5.74, 6) is 0. The predicted octanol–water partition coefficient (Wildman–Crippen LogP) is 3.06. The van der Waals surface area contributed by atoms with E-state index in [9.17, 15) is 0 Å². The third-order valence-corrected chi connectivity index (χ3v) is 3.74. The van der Waals surface area contributed by atoms with E-state index in [2.05, 4.69) is 10.2 Å². The van der Waals surface area contributed by atoms with E-state index in [1.807, 2.05) is 25.1 Å². The van der Waals surface area contributed by atoms with Gasteiger partial charge in [-0.05, 0) is 37.6 Å². The first-order valence-electron chi connectivity index (χ1n) is 5.49. The standard InChI is InChI=1S/C12H14ClN3S/c1-8-4-5-9(13)7-10(8)12-16-15-11(17-12)3-2-6-14/h4-5,7H,2-3,6,14H2,1H3. The fourth-order valence-corrected chi connectivity index (χ4v) is 2.68. The number of halogens is 1. The van der Waals surface area contributed by atoms with Crippen molar-refractivity contribution in [3.8, 4) is 10.6 Å². The molecule has 2 aromatic rings. The summed E-state index contributed by atoms with van der Waals surface area (Å²) in [5.41, 5.74) is 7.70. The lowest BCUT2D eigenvalue weighted by Gasteiger charge is -2.01. The Morgan fingerprint density at radius 1 is 1.35 bits per heavy atom. The third-order valence-electron chi connectivity index (χ3n) is 2.49. The highest BCUT2D eigenvalue weighted by molar-refractivity contribution is 7.14.